The number of rotatable bonds is 7. The number of esters is 1. The quantitative estimate of drug-likeness (QED) is 0.716. The summed E-state index contributed by atoms with van der Waals surface area (Å²) < 4.78 is 10.1. The van der Waals surface area contributed by atoms with Crippen molar-refractivity contribution in [1.82, 2.24) is 20.8 Å². The number of nitrogens with zero attached hydrogens (tertiary/aromatic N) is 2. The molecule has 0 aliphatic carbocycles. The van der Waals surface area contributed by atoms with Crippen LogP contribution in [0.15, 0.2) is 34.9 Å². The highest BCUT2D eigenvalue weighted by atomic mass is 16.5. The van der Waals surface area contributed by atoms with Crippen LogP contribution in [0.5, 0.6) is 0 Å². The molecule has 9 heteroatoms. The van der Waals surface area contributed by atoms with Crippen LogP contribution in [0.2, 0.25) is 0 Å². The second kappa shape index (κ2) is 9.30. The smallest absolute Gasteiger partial charge is 0.321 e. The summed E-state index contributed by atoms with van der Waals surface area (Å²) in [6.07, 6.45) is -0.939. The molecular formula is C17H20N4O5. The summed E-state index contributed by atoms with van der Waals surface area (Å²) in [5, 5.41) is 8.34. The van der Waals surface area contributed by atoms with Gasteiger partial charge in [-0.05, 0) is 13.8 Å². The molecule has 2 aromatic rings. The van der Waals surface area contributed by atoms with Gasteiger partial charge in [0.2, 0.25) is 11.7 Å². The Morgan fingerprint density at radius 3 is 2.65 bits per heavy atom. The predicted molar refractivity (Wildman–Crippen MR) is 90.8 cm³/mol. The van der Waals surface area contributed by atoms with Crippen molar-refractivity contribution in [2.75, 3.05) is 6.54 Å². The van der Waals surface area contributed by atoms with E-state index in [1.165, 1.54) is 6.92 Å². The fourth-order valence-corrected chi connectivity index (χ4v) is 2.00. The zero-order valence-electron chi connectivity index (χ0n) is 14.5. The number of nitrogens with one attached hydrogen (secondary N) is 2. The van der Waals surface area contributed by atoms with E-state index in [0.29, 0.717) is 18.3 Å². The summed E-state index contributed by atoms with van der Waals surface area (Å²) in [6.45, 7) is 3.48. The van der Waals surface area contributed by atoms with E-state index >= 15 is 0 Å². The Labute approximate surface area is 150 Å². The molecule has 9 nitrogen and oxygen atoms in total. The third-order valence-corrected chi connectivity index (χ3v) is 3.29. The molecule has 0 saturated heterocycles. The molecule has 0 aliphatic heterocycles. The van der Waals surface area contributed by atoms with Crippen molar-refractivity contribution in [3.63, 3.8) is 0 Å². The Balaban J connectivity index is 1.79. The first-order valence-corrected chi connectivity index (χ1v) is 8.15. The van der Waals surface area contributed by atoms with E-state index in [1.807, 2.05) is 30.3 Å². The van der Waals surface area contributed by atoms with E-state index in [4.69, 9.17) is 9.26 Å². The summed E-state index contributed by atoms with van der Waals surface area (Å²) in [5.74, 6) is -0.583. The SMILES string of the molecule is CCNC(=O)NC(=O)C(C)OC(=O)CCc1nc(-c2ccccc2)no1. The number of hydrogen-bond acceptors (Lipinski definition) is 7. The van der Waals surface area contributed by atoms with Gasteiger partial charge in [-0.1, -0.05) is 35.5 Å². The maximum absolute atomic E-state index is 11.8. The van der Waals surface area contributed by atoms with Crippen LogP contribution < -0.4 is 10.6 Å². The molecule has 3 amide bonds. The van der Waals surface area contributed by atoms with Gasteiger partial charge in [-0.2, -0.15) is 4.98 Å². The molecule has 0 saturated carbocycles. The lowest BCUT2D eigenvalue weighted by Gasteiger charge is -2.12. The predicted octanol–water partition coefficient (Wildman–Crippen LogP) is 1.45. The minimum Gasteiger partial charge on any atom is -0.453 e. The lowest BCUT2D eigenvalue weighted by atomic mass is 10.2. The molecular weight excluding hydrogens is 340 g/mol. The standard InChI is InChI=1S/C17H20N4O5/c1-3-18-17(24)20-16(23)11(2)25-14(22)10-9-13-19-15(21-26-13)12-7-5-4-6-8-12/h4-8,11H,3,9-10H2,1-2H3,(H2,18,20,23,24). The number of ether oxygens (including phenoxy) is 1. The van der Waals surface area contributed by atoms with Crippen LogP contribution in [-0.4, -0.2) is 40.7 Å². The number of aryl methyl sites for hydroxylation is 1. The second-order valence-corrected chi connectivity index (χ2v) is 5.36. The molecule has 0 bridgehead atoms. The van der Waals surface area contributed by atoms with Crippen LogP contribution in [0.3, 0.4) is 0 Å². The Bertz CT molecular complexity index is 760. The molecule has 2 rings (SSSR count). The van der Waals surface area contributed by atoms with Gasteiger partial charge < -0.3 is 14.6 Å². The van der Waals surface area contributed by atoms with Gasteiger partial charge in [-0.3, -0.25) is 14.9 Å². The number of carbonyl (C=O) groups excluding carboxylic acids is 3. The molecule has 1 unspecified atom stereocenters. The number of imide groups is 1. The first kappa shape index (κ1) is 19.1. The second-order valence-electron chi connectivity index (χ2n) is 5.36. The third-order valence-electron chi connectivity index (χ3n) is 3.29. The lowest BCUT2D eigenvalue weighted by Crippen LogP contribution is -2.44. The zero-order valence-corrected chi connectivity index (χ0v) is 14.5. The molecule has 1 aromatic carbocycles. The van der Waals surface area contributed by atoms with Crippen LogP contribution >= 0.6 is 0 Å². The van der Waals surface area contributed by atoms with Crippen molar-refractivity contribution in [3.05, 3.63) is 36.2 Å². The van der Waals surface area contributed by atoms with Crippen molar-refractivity contribution in [1.29, 1.82) is 0 Å². The summed E-state index contributed by atoms with van der Waals surface area (Å²) >= 11 is 0. The molecule has 1 heterocycles. The first-order valence-electron chi connectivity index (χ1n) is 8.15. The van der Waals surface area contributed by atoms with Crippen molar-refractivity contribution in [2.45, 2.75) is 32.8 Å². The Morgan fingerprint density at radius 1 is 1.23 bits per heavy atom. The van der Waals surface area contributed by atoms with Gasteiger partial charge in [0, 0.05) is 18.5 Å². The van der Waals surface area contributed by atoms with Crippen molar-refractivity contribution in [3.8, 4) is 11.4 Å². The third kappa shape index (κ3) is 5.69. The van der Waals surface area contributed by atoms with Gasteiger partial charge in [0.25, 0.3) is 5.91 Å². The largest absolute Gasteiger partial charge is 0.453 e. The summed E-state index contributed by atoms with van der Waals surface area (Å²) in [4.78, 5) is 39.0. The van der Waals surface area contributed by atoms with Gasteiger partial charge >= 0.3 is 12.0 Å². The Hall–Kier alpha value is -3.23. The fourth-order valence-electron chi connectivity index (χ4n) is 2.00. The number of amides is 3. The van der Waals surface area contributed by atoms with Crippen LogP contribution in [0, 0.1) is 0 Å². The van der Waals surface area contributed by atoms with Gasteiger partial charge in [0.1, 0.15) is 0 Å². The topological polar surface area (TPSA) is 123 Å². The van der Waals surface area contributed by atoms with Crippen LogP contribution in [0.1, 0.15) is 26.2 Å². The zero-order chi connectivity index (χ0) is 18.9. The maximum Gasteiger partial charge on any atom is 0.321 e. The number of benzene rings is 1. The van der Waals surface area contributed by atoms with Crippen LogP contribution in [0.25, 0.3) is 11.4 Å². The van der Waals surface area contributed by atoms with Gasteiger partial charge in [-0.15, -0.1) is 0 Å². The van der Waals surface area contributed by atoms with Gasteiger partial charge in [0.15, 0.2) is 6.10 Å². The highest BCUT2D eigenvalue weighted by Gasteiger charge is 2.20. The van der Waals surface area contributed by atoms with E-state index < -0.39 is 24.0 Å². The van der Waals surface area contributed by atoms with E-state index in [9.17, 15) is 14.4 Å². The molecule has 1 aromatic heterocycles. The lowest BCUT2D eigenvalue weighted by molar-refractivity contribution is -0.154. The van der Waals surface area contributed by atoms with E-state index in [0.717, 1.165) is 5.56 Å². The number of urea groups is 1. The summed E-state index contributed by atoms with van der Waals surface area (Å²) in [6, 6.07) is 8.64. The molecule has 0 radical (unpaired) electrons. The van der Waals surface area contributed by atoms with Crippen LogP contribution in [0.4, 0.5) is 4.79 Å². The fraction of sp³-hybridized carbons (Fsp3) is 0.353. The monoisotopic (exact) mass is 360 g/mol. The Kier molecular flexibility index (Phi) is 6.84. The highest BCUT2D eigenvalue weighted by molar-refractivity contribution is 5.97. The molecule has 0 spiro atoms. The molecule has 2 N–H and O–H groups in total. The summed E-state index contributed by atoms with van der Waals surface area (Å²) in [7, 11) is 0. The van der Waals surface area contributed by atoms with Gasteiger partial charge in [0.05, 0.1) is 6.42 Å². The van der Waals surface area contributed by atoms with E-state index in [2.05, 4.69) is 20.8 Å². The highest BCUT2D eigenvalue weighted by Crippen LogP contribution is 2.15. The van der Waals surface area contributed by atoms with Crippen molar-refractivity contribution >= 4 is 17.9 Å². The van der Waals surface area contributed by atoms with Gasteiger partial charge in [-0.25, -0.2) is 4.79 Å². The summed E-state index contributed by atoms with van der Waals surface area (Å²) in [5.41, 5.74) is 0.806. The number of aromatic nitrogens is 2. The molecule has 0 fully saturated rings. The normalized spacial score (nSPS) is 11.5. The van der Waals surface area contributed by atoms with Crippen molar-refractivity contribution in [2.24, 2.45) is 0 Å². The maximum atomic E-state index is 11.8. The average Bonchev–Trinajstić information content (AvgIpc) is 3.10. The molecule has 26 heavy (non-hydrogen) atoms. The first-order chi connectivity index (χ1) is 12.5. The number of hydrogen-bond donors (Lipinski definition) is 2. The number of carbonyl (C=O) groups is 3. The molecule has 1 atom stereocenters. The Morgan fingerprint density at radius 2 is 1.96 bits per heavy atom. The minimum absolute atomic E-state index is 0.0325. The van der Waals surface area contributed by atoms with E-state index in [1.54, 1.807) is 6.92 Å². The van der Waals surface area contributed by atoms with Crippen LogP contribution in [-0.2, 0) is 20.7 Å². The molecule has 0 aliphatic rings. The average molecular weight is 360 g/mol. The minimum atomic E-state index is -1.09. The molecule has 138 valence electrons. The van der Waals surface area contributed by atoms with E-state index in [-0.39, 0.29) is 12.8 Å². The van der Waals surface area contributed by atoms with Crippen molar-refractivity contribution < 1.29 is 23.6 Å².